The van der Waals surface area contributed by atoms with E-state index < -0.39 is 10.0 Å². The van der Waals surface area contributed by atoms with E-state index in [1.54, 1.807) is 37.4 Å². The van der Waals surface area contributed by atoms with Gasteiger partial charge in [0.2, 0.25) is 10.0 Å². The van der Waals surface area contributed by atoms with Crippen LogP contribution in [-0.2, 0) is 10.0 Å². The van der Waals surface area contributed by atoms with Gasteiger partial charge in [-0.3, -0.25) is 0 Å². The van der Waals surface area contributed by atoms with E-state index in [0.717, 1.165) is 17.7 Å². The molecule has 0 aliphatic rings. The van der Waals surface area contributed by atoms with Crippen LogP contribution < -0.4 is 9.46 Å². The average molecular weight is 333 g/mol. The first-order chi connectivity index (χ1) is 10.9. The maximum Gasteiger partial charge on any atom is 0.241 e. The van der Waals surface area contributed by atoms with Gasteiger partial charge in [-0.2, -0.15) is 0 Å². The van der Waals surface area contributed by atoms with Gasteiger partial charge in [-0.1, -0.05) is 44.2 Å². The maximum absolute atomic E-state index is 12.6. The van der Waals surface area contributed by atoms with Crippen molar-refractivity contribution >= 4 is 10.0 Å². The van der Waals surface area contributed by atoms with Crippen molar-refractivity contribution < 1.29 is 13.2 Å². The van der Waals surface area contributed by atoms with E-state index in [1.165, 1.54) is 0 Å². The molecule has 0 bridgehead atoms. The third kappa shape index (κ3) is 4.81. The summed E-state index contributed by atoms with van der Waals surface area (Å²) >= 11 is 0. The number of nitrogens with one attached hydrogen (secondary N) is 1. The van der Waals surface area contributed by atoms with Gasteiger partial charge in [0.25, 0.3) is 0 Å². The van der Waals surface area contributed by atoms with Crippen molar-refractivity contribution in [2.45, 2.75) is 31.2 Å². The molecule has 0 aliphatic heterocycles. The summed E-state index contributed by atoms with van der Waals surface area (Å²) in [7, 11) is -1.94. The highest BCUT2D eigenvalue weighted by atomic mass is 32.2. The third-order valence-corrected chi connectivity index (χ3v) is 5.06. The van der Waals surface area contributed by atoms with Crippen LogP contribution in [0.1, 0.15) is 31.9 Å². The van der Waals surface area contributed by atoms with Crippen molar-refractivity contribution in [2.24, 2.45) is 5.92 Å². The maximum atomic E-state index is 12.6. The summed E-state index contributed by atoms with van der Waals surface area (Å²) in [4.78, 5) is 0.280. The molecule has 0 aliphatic carbocycles. The van der Waals surface area contributed by atoms with Gasteiger partial charge < -0.3 is 4.74 Å². The zero-order valence-corrected chi connectivity index (χ0v) is 14.5. The average Bonchev–Trinajstić information content (AvgIpc) is 2.54. The smallest absolute Gasteiger partial charge is 0.241 e. The van der Waals surface area contributed by atoms with Crippen LogP contribution in [0, 0.1) is 5.92 Å². The zero-order chi connectivity index (χ0) is 16.9. The summed E-state index contributed by atoms with van der Waals surface area (Å²) in [6.45, 7) is 4.15. The Hall–Kier alpha value is -1.85. The Kier molecular flexibility index (Phi) is 5.80. The monoisotopic (exact) mass is 333 g/mol. The lowest BCUT2D eigenvalue weighted by Gasteiger charge is -2.21. The SMILES string of the molecule is COc1ccc(C(CC(C)C)NS(=O)(=O)c2ccccc2)cc1. The van der Waals surface area contributed by atoms with Gasteiger partial charge in [-0.05, 0) is 42.2 Å². The molecule has 2 aromatic carbocycles. The molecule has 23 heavy (non-hydrogen) atoms. The van der Waals surface area contributed by atoms with E-state index in [-0.39, 0.29) is 10.9 Å². The first-order valence-electron chi connectivity index (χ1n) is 7.63. The predicted molar refractivity (Wildman–Crippen MR) is 92.0 cm³/mol. The second kappa shape index (κ2) is 7.62. The van der Waals surface area contributed by atoms with Gasteiger partial charge in [0.15, 0.2) is 0 Å². The van der Waals surface area contributed by atoms with Gasteiger partial charge in [-0.25, -0.2) is 13.1 Å². The second-order valence-corrected chi connectivity index (χ2v) is 7.60. The minimum Gasteiger partial charge on any atom is -0.497 e. The highest BCUT2D eigenvalue weighted by molar-refractivity contribution is 7.89. The molecule has 0 saturated heterocycles. The zero-order valence-electron chi connectivity index (χ0n) is 13.7. The molecule has 0 amide bonds. The van der Waals surface area contributed by atoms with E-state index >= 15 is 0 Å². The molecule has 5 heteroatoms. The highest BCUT2D eigenvalue weighted by Gasteiger charge is 2.22. The summed E-state index contributed by atoms with van der Waals surface area (Å²) in [5, 5.41) is 0. The highest BCUT2D eigenvalue weighted by Crippen LogP contribution is 2.25. The van der Waals surface area contributed by atoms with Crippen molar-refractivity contribution in [3.63, 3.8) is 0 Å². The minimum absolute atomic E-state index is 0.272. The Labute approximate surface area is 138 Å². The topological polar surface area (TPSA) is 55.4 Å². The van der Waals surface area contributed by atoms with Gasteiger partial charge in [0, 0.05) is 6.04 Å². The van der Waals surface area contributed by atoms with E-state index in [0.29, 0.717) is 5.92 Å². The summed E-state index contributed by atoms with van der Waals surface area (Å²) in [6, 6.07) is 15.7. The van der Waals surface area contributed by atoms with E-state index in [2.05, 4.69) is 18.6 Å². The number of sulfonamides is 1. The molecule has 2 rings (SSSR count). The fraction of sp³-hybridized carbons (Fsp3) is 0.333. The van der Waals surface area contributed by atoms with E-state index in [1.807, 2.05) is 24.3 Å². The van der Waals surface area contributed by atoms with Crippen molar-refractivity contribution in [1.29, 1.82) is 0 Å². The molecule has 1 N–H and O–H groups in total. The molecule has 0 spiro atoms. The number of benzene rings is 2. The molecular weight excluding hydrogens is 310 g/mol. The number of hydrogen-bond acceptors (Lipinski definition) is 3. The Morgan fingerprint density at radius 1 is 1.00 bits per heavy atom. The fourth-order valence-corrected chi connectivity index (χ4v) is 3.67. The predicted octanol–water partition coefficient (Wildman–Crippen LogP) is 3.76. The molecule has 1 unspecified atom stereocenters. The molecule has 0 fully saturated rings. The number of ether oxygens (including phenoxy) is 1. The van der Waals surface area contributed by atoms with Crippen molar-refractivity contribution in [3.05, 3.63) is 60.2 Å². The lowest BCUT2D eigenvalue weighted by Crippen LogP contribution is -2.29. The Morgan fingerprint density at radius 3 is 2.13 bits per heavy atom. The lowest BCUT2D eigenvalue weighted by atomic mass is 9.98. The van der Waals surface area contributed by atoms with Gasteiger partial charge in [0.05, 0.1) is 12.0 Å². The molecule has 0 radical (unpaired) electrons. The van der Waals surface area contributed by atoms with Crippen LogP contribution >= 0.6 is 0 Å². The minimum atomic E-state index is -3.55. The number of rotatable bonds is 7. The fourth-order valence-electron chi connectivity index (χ4n) is 2.41. The van der Waals surface area contributed by atoms with Crippen LogP contribution in [0.3, 0.4) is 0 Å². The van der Waals surface area contributed by atoms with E-state index in [9.17, 15) is 8.42 Å². The first-order valence-corrected chi connectivity index (χ1v) is 9.12. The van der Waals surface area contributed by atoms with Crippen LogP contribution in [0.5, 0.6) is 5.75 Å². The summed E-state index contributed by atoms with van der Waals surface area (Å²) in [6.07, 6.45) is 0.721. The molecule has 2 aromatic rings. The summed E-state index contributed by atoms with van der Waals surface area (Å²) < 4.78 is 33.2. The molecule has 0 saturated carbocycles. The Morgan fingerprint density at radius 2 is 1.61 bits per heavy atom. The molecule has 124 valence electrons. The Bertz CT molecular complexity index is 710. The number of methoxy groups -OCH3 is 1. The van der Waals surface area contributed by atoms with Gasteiger partial charge >= 0.3 is 0 Å². The lowest BCUT2D eigenvalue weighted by molar-refractivity contribution is 0.414. The quantitative estimate of drug-likeness (QED) is 0.839. The molecule has 4 nitrogen and oxygen atoms in total. The Balaban J connectivity index is 2.28. The van der Waals surface area contributed by atoms with Crippen LogP contribution in [0.15, 0.2) is 59.5 Å². The molecular formula is C18H23NO3S. The van der Waals surface area contributed by atoms with Crippen LogP contribution in [0.4, 0.5) is 0 Å². The number of hydrogen-bond donors (Lipinski definition) is 1. The largest absolute Gasteiger partial charge is 0.497 e. The second-order valence-electron chi connectivity index (χ2n) is 5.89. The molecule has 0 aromatic heterocycles. The summed E-state index contributed by atoms with van der Waals surface area (Å²) in [5.41, 5.74) is 0.930. The third-order valence-electron chi connectivity index (χ3n) is 3.58. The molecule has 0 heterocycles. The molecule has 1 atom stereocenters. The normalized spacial score (nSPS) is 13.0. The van der Waals surface area contributed by atoms with Crippen LogP contribution in [0.25, 0.3) is 0 Å². The van der Waals surface area contributed by atoms with E-state index in [4.69, 9.17) is 4.74 Å². The van der Waals surface area contributed by atoms with Crippen LogP contribution in [0.2, 0.25) is 0 Å². The van der Waals surface area contributed by atoms with Gasteiger partial charge in [0.1, 0.15) is 5.75 Å². The van der Waals surface area contributed by atoms with Gasteiger partial charge in [-0.15, -0.1) is 0 Å². The van der Waals surface area contributed by atoms with Crippen molar-refractivity contribution in [2.75, 3.05) is 7.11 Å². The first kappa shape index (κ1) is 17.5. The standard InChI is InChI=1S/C18H23NO3S/c1-14(2)13-18(15-9-11-16(22-3)12-10-15)19-23(20,21)17-7-5-4-6-8-17/h4-12,14,18-19H,13H2,1-3H3. The van der Waals surface area contributed by atoms with Crippen molar-refractivity contribution in [1.82, 2.24) is 4.72 Å². The summed E-state index contributed by atoms with van der Waals surface area (Å²) in [5.74, 6) is 1.11. The van der Waals surface area contributed by atoms with Crippen molar-refractivity contribution in [3.8, 4) is 5.75 Å². The van der Waals surface area contributed by atoms with Crippen LogP contribution in [-0.4, -0.2) is 15.5 Å².